The number of aliphatic imine (C=N–C) groups is 1. The molecule has 2 aliphatic rings. The van der Waals surface area contributed by atoms with Crippen molar-refractivity contribution in [1.29, 1.82) is 0 Å². The molecule has 0 radical (unpaired) electrons. The van der Waals surface area contributed by atoms with Crippen LogP contribution in [0, 0.1) is 0 Å². The predicted octanol–water partition coefficient (Wildman–Crippen LogP) is 0.383. The number of rotatable bonds is 6. The summed E-state index contributed by atoms with van der Waals surface area (Å²) in [5.74, 6) is 0.674. The van der Waals surface area contributed by atoms with Gasteiger partial charge in [0.25, 0.3) is 0 Å². The summed E-state index contributed by atoms with van der Waals surface area (Å²) in [6, 6.07) is 3.95. The number of guanidine groups is 1. The first-order valence-electron chi connectivity index (χ1n) is 9.03. The second-order valence-electron chi connectivity index (χ2n) is 6.28. The van der Waals surface area contributed by atoms with Gasteiger partial charge in [0.05, 0.1) is 19.6 Å². The van der Waals surface area contributed by atoms with Crippen LogP contribution < -0.4 is 10.6 Å². The lowest BCUT2D eigenvalue weighted by Crippen LogP contribution is -2.52. The van der Waals surface area contributed by atoms with E-state index in [9.17, 15) is 9.59 Å². The van der Waals surface area contributed by atoms with E-state index < -0.39 is 0 Å². The Morgan fingerprint density at radius 3 is 2.73 bits per heavy atom. The van der Waals surface area contributed by atoms with Gasteiger partial charge in [-0.25, -0.2) is 4.79 Å². The lowest BCUT2D eigenvalue weighted by Gasteiger charge is -2.36. The van der Waals surface area contributed by atoms with Gasteiger partial charge >= 0.3 is 6.03 Å². The fourth-order valence-corrected chi connectivity index (χ4v) is 3.85. The van der Waals surface area contributed by atoms with Crippen LogP contribution >= 0.6 is 11.3 Å². The van der Waals surface area contributed by atoms with E-state index in [1.807, 2.05) is 6.92 Å². The molecule has 3 rings (SSSR count). The number of piperazine rings is 1. The average molecular weight is 379 g/mol. The van der Waals surface area contributed by atoms with E-state index in [1.165, 1.54) is 9.78 Å². The molecule has 2 aliphatic heterocycles. The molecule has 26 heavy (non-hydrogen) atoms. The van der Waals surface area contributed by atoms with Crippen molar-refractivity contribution in [2.75, 3.05) is 52.4 Å². The quantitative estimate of drug-likeness (QED) is 0.425. The number of carbonyl (C=O) groups is 2. The molecular formula is C17H26N6O2S. The number of amides is 3. The van der Waals surface area contributed by atoms with E-state index in [2.05, 4.69) is 42.9 Å². The van der Waals surface area contributed by atoms with Crippen LogP contribution in [0.25, 0.3) is 0 Å². The molecule has 2 saturated heterocycles. The minimum absolute atomic E-state index is 0.0921. The summed E-state index contributed by atoms with van der Waals surface area (Å²) < 4.78 is 0. The van der Waals surface area contributed by atoms with Gasteiger partial charge in [-0.2, -0.15) is 0 Å². The molecule has 142 valence electrons. The molecule has 8 nitrogen and oxygen atoms in total. The molecule has 1 aromatic rings. The van der Waals surface area contributed by atoms with Crippen LogP contribution in [0.4, 0.5) is 4.79 Å². The van der Waals surface area contributed by atoms with Gasteiger partial charge in [-0.3, -0.25) is 19.6 Å². The first-order valence-corrected chi connectivity index (χ1v) is 9.91. The van der Waals surface area contributed by atoms with Gasteiger partial charge < -0.3 is 15.5 Å². The Labute approximate surface area is 157 Å². The smallest absolute Gasteiger partial charge is 0.324 e. The van der Waals surface area contributed by atoms with Crippen molar-refractivity contribution in [1.82, 2.24) is 25.3 Å². The number of carbonyl (C=O) groups excluding carboxylic acids is 2. The maximum atomic E-state index is 11.6. The summed E-state index contributed by atoms with van der Waals surface area (Å²) in [4.78, 5) is 35.1. The minimum Gasteiger partial charge on any atom is -0.357 e. The number of urea groups is 1. The Balaban J connectivity index is 1.49. The number of nitrogens with zero attached hydrogens (tertiary/aromatic N) is 4. The molecule has 3 heterocycles. The van der Waals surface area contributed by atoms with E-state index in [-0.39, 0.29) is 18.5 Å². The van der Waals surface area contributed by atoms with Crippen molar-refractivity contribution in [2.24, 2.45) is 4.99 Å². The van der Waals surface area contributed by atoms with E-state index in [0.29, 0.717) is 13.1 Å². The summed E-state index contributed by atoms with van der Waals surface area (Å²) in [6.07, 6.45) is 0. The third-order valence-corrected chi connectivity index (χ3v) is 5.35. The molecule has 2 fully saturated rings. The molecule has 3 amide bonds. The van der Waals surface area contributed by atoms with Crippen molar-refractivity contribution in [3.05, 3.63) is 22.4 Å². The molecule has 0 saturated carbocycles. The van der Waals surface area contributed by atoms with Crippen LogP contribution in [0.5, 0.6) is 0 Å². The van der Waals surface area contributed by atoms with Crippen molar-refractivity contribution < 1.29 is 9.59 Å². The Hall–Kier alpha value is -2.13. The van der Waals surface area contributed by atoms with Crippen molar-refractivity contribution >= 4 is 29.2 Å². The van der Waals surface area contributed by atoms with Gasteiger partial charge in [0.2, 0.25) is 5.91 Å². The van der Waals surface area contributed by atoms with Crippen LogP contribution in [-0.4, -0.2) is 85.0 Å². The van der Waals surface area contributed by atoms with Gasteiger partial charge in [0.1, 0.15) is 0 Å². The fourth-order valence-electron chi connectivity index (χ4n) is 3.10. The van der Waals surface area contributed by atoms with E-state index in [1.54, 1.807) is 11.3 Å². The third kappa shape index (κ3) is 4.73. The molecule has 0 spiro atoms. The Morgan fingerprint density at radius 1 is 1.31 bits per heavy atom. The van der Waals surface area contributed by atoms with E-state index >= 15 is 0 Å². The summed E-state index contributed by atoms with van der Waals surface area (Å²) in [5, 5.41) is 7.96. The molecule has 0 bridgehead atoms. The number of hydrogen-bond acceptors (Lipinski definition) is 5. The van der Waals surface area contributed by atoms with Crippen LogP contribution in [0.3, 0.4) is 0 Å². The summed E-state index contributed by atoms with van der Waals surface area (Å²) in [5.41, 5.74) is 0. The predicted molar refractivity (Wildman–Crippen MR) is 102 cm³/mol. The zero-order valence-electron chi connectivity index (χ0n) is 15.1. The zero-order chi connectivity index (χ0) is 18.4. The van der Waals surface area contributed by atoms with Gasteiger partial charge in [0.15, 0.2) is 5.96 Å². The second-order valence-corrected chi connectivity index (χ2v) is 7.31. The molecule has 0 unspecified atom stereocenters. The van der Waals surface area contributed by atoms with Gasteiger partial charge in [0, 0.05) is 44.1 Å². The van der Waals surface area contributed by atoms with E-state index in [0.717, 1.165) is 45.2 Å². The summed E-state index contributed by atoms with van der Waals surface area (Å²) in [6.45, 7) is 8.48. The van der Waals surface area contributed by atoms with Crippen molar-refractivity contribution in [3.8, 4) is 0 Å². The van der Waals surface area contributed by atoms with Crippen LogP contribution in [0.15, 0.2) is 22.5 Å². The summed E-state index contributed by atoms with van der Waals surface area (Å²) in [7, 11) is 0. The molecule has 0 aromatic carbocycles. The van der Waals surface area contributed by atoms with Crippen molar-refractivity contribution in [2.45, 2.75) is 13.5 Å². The standard InChI is InChI=1S/C17H26N6O2S/c1-2-18-16(19-5-6-23-15(24)12-20-17(23)25)22-9-7-21(8-10-22)13-14-4-3-11-26-14/h3-4,11H,2,5-10,12-13H2,1H3,(H,18,19)(H,20,25). The molecule has 0 aliphatic carbocycles. The van der Waals surface area contributed by atoms with Crippen LogP contribution in [-0.2, 0) is 11.3 Å². The van der Waals surface area contributed by atoms with Gasteiger partial charge in [-0.15, -0.1) is 11.3 Å². The number of imide groups is 1. The van der Waals surface area contributed by atoms with Gasteiger partial charge in [-0.05, 0) is 18.4 Å². The fraction of sp³-hybridized carbons (Fsp3) is 0.588. The van der Waals surface area contributed by atoms with Crippen LogP contribution in [0.1, 0.15) is 11.8 Å². The number of thiophene rings is 1. The lowest BCUT2D eigenvalue weighted by molar-refractivity contribution is -0.124. The highest BCUT2D eigenvalue weighted by Crippen LogP contribution is 2.13. The minimum atomic E-state index is -0.322. The highest BCUT2D eigenvalue weighted by Gasteiger charge is 2.27. The maximum absolute atomic E-state index is 11.6. The number of nitrogens with one attached hydrogen (secondary N) is 2. The normalized spacial score (nSPS) is 19.2. The second kappa shape index (κ2) is 9.00. The SMILES string of the molecule is CCNC(=NCCN1C(=O)CNC1=O)N1CCN(Cc2cccs2)CC1. The monoisotopic (exact) mass is 378 g/mol. The molecule has 1 aromatic heterocycles. The highest BCUT2D eigenvalue weighted by atomic mass is 32.1. The molecular weight excluding hydrogens is 352 g/mol. The van der Waals surface area contributed by atoms with E-state index in [4.69, 9.17) is 0 Å². The largest absolute Gasteiger partial charge is 0.357 e. The Bertz CT molecular complexity index is 624. The Morgan fingerprint density at radius 2 is 2.12 bits per heavy atom. The average Bonchev–Trinajstić information content (AvgIpc) is 3.26. The summed E-state index contributed by atoms with van der Waals surface area (Å²) >= 11 is 1.80. The maximum Gasteiger partial charge on any atom is 0.324 e. The first kappa shape index (κ1) is 18.7. The molecule has 0 atom stereocenters. The molecule has 9 heteroatoms. The zero-order valence-corrected chi connectivity index (χ0v) is 15.9. The topological polar surface area (TPSA) is 80.3 Å². The number of hydrogen-bond donors (Lipinski definition) is 2. The highest BCUT2D eigenvalue weighted by molar-refractivity contribution is 7.09. The van der Waals surface area contributed by atoms with Crippen molar-refractivity contribution in [3.63, 3.8) is 0 Å². The van der Waals surface area contributed by atoms with Crippen LogP contribution in [0.2, 0.25) is 0 Å². The lowest BCUT2D eigenvalue weighted by atomic mass is 10.3. The Kier molecular flexibility index (Phi) is 6.45. The molecule has 2 N–H and O–H groups in total. The first-order chi connectivity index (χ1) is 12.7. The van der Waals surface area contributed by atoms with Gasteiger partial charge in [-0.1, -0.05) is 6.07 Å². The third-order valence-electron chi connectivity index (χ3n) is 4.49.